The molecule has 3 amide bonds. The Balaban J connectivity index is 1.37. The van der Waals surface area contributed by atoms with Gasteiger partial charge in [0.15, 0.2) is 0 Å². The summed E-state index contributed by atoms with van der Waals surface area (Å²) >= 11 is 6.17. The van der Waals surface area contributed by atoms with Crippen LogP contribution >= 0.6 is 11.6 Å². The molecule has 0 saturated carbocycles. The van der Waals surface area contributed by atoms with Crippen LogP contribution in [0.15, 0.2) is 85.3 Å². The van der Waals surface area contributed by atoms with Crippen LogP contribution in [0.4, 0.5) is 5.69 Å². The summed E-state index contributed by atoms with van der Waals surface area (Å²) in [6, 6.07) is 18.6. The number of benzene rings is 3. The van der Waals surface area contributed by atoms with E-state index in [1.54, 1.807) is 42.5 Å². The second kappa shape index (κ2) is 11.6. The largest absolute Gasteiger partial charge is 0.366 e. The van der Waals surface area contributed by atoms with E-state index in [1.165, 1.54) is 23.3 Å². The summed E-state index contributed by atoms with van der Waals surface area (Å²) in [5.41, 5.74) is 9.01. The number of H-pyrrole nitrogens is 1. The van der Waals surface area contributed by atoms with E-state index in [1.807, 2.05) is 30.3 Å². The molecule has 5 N–H and O–H groups in total. The van der Waals surface area contributed by atoms with Crippen molar-refractivity contribution in [3.63, 3.8) is 0 Å². The molecule has 0 spiro atoms. The molecule has 200 valence electrons. The number of hydrogen-bond donors (Lipinski definition) is 4. The van der Waals surface area contributed by atoms with Gasteiger partial charge in [-0.05, 0) is 58.5 Å². The first-order valence-electron chi connectivity index (χ1n) is 12.1. The molecule has 0 saturated heterocycles. The third kappa shape index (κ3) is 6.05. The van der Waals surface area contributed by atoms with E-state index in [4.69, 9.17) is 17.3 Å². The number of aromatic nitrogens is 5. The summed E-state index contributed by atoms with van der Waals surface area (Å²) in [6.07, 6.45) is 6.08. The Bertz CT molecular complexity index is 1710. The number of nitrogens with one attached hydrogen (secondary N) is 3. The molecule has 5 rings (SSSR count). The molecule has 11 nitrogen and oxygen atoms in total. The molecular formula is C28H23ClN8O3. The number of halogens is 1. The number of anilines is 1. The zero-order valence-corrected chi connectivity index (χ0v) is 21.7. The number of tetrazole rings is 1. The number of nitrogens with two attached hydrogens (primary N) is 1. The fourth-order valence-electron chi connectivity index (χ4n) is 4.22. The maximum Gasteiger partial charge on any atom is 0.250 e. The van der Waals surface area contributed by atoms with Gasteiger partial charge >= 0.3 is 0 Å². The van der Waals surface area contributed by atoms with Crippen LogP contribution < -0.4 is 16.4 Å². The number of primary amides is 1. The Morgan fingerprint density at radius 2 is 1.90 bits per heavy atom. The maximum absolute atomic E-state index is 13.4. The molecule has 2 aromatic heterocycles. The van der Waals surface area contributed by atoms with Crippen LogP contribution in [0.3, 0.4) is 0 Å². The van der Waals surface area contributed by atoms with Crippen molar-refractivity contribution < 1.29 is 14.4 Å². The summed E-state index contributed by atoms with van der Waals surface area (Å²) in [6.45, 7) is 0. The molecule has 12 heteroatoms. The van der Waals surface area contributed by atoms with E-state index in [0.717, 1.165) is 5.56 Å². The summed E-state index contributed by atoms with van der Waals surface area (Å²) in [5.74, 6) is -1.51. The van der Waals surface area contributed by atoms with Crippen molar-refractivity contribution in [2.45, 2.75) is 12.5 Å². The molecule has 0 fully saturated rings. The fourth-order valence-corrected chi connectivity index (χ4v) is 4.40. The van der Waals surface area contributed by atoms with Gasteiger partial charge in [-0.15, -0.1) is 5.10 Å². The van der Waals surface area contributed by atoms with Gasteiger partial charge in [0.05, 0.1) is 11.3 Å². The molecule has 3 aromatic carbocycles. The number of carbonyl (C=O) groups is 3. The highest BCUT2D eigenvalue weighted by molar-refractivity contribution is 6.30. The van der Waals surface area contributed by atoms with Crippen molar-refractivity contribution in [3.05, 3.63) is 107 Å². The molecule has 5 aromatic rings. The first kappa shape index (κ1) is 26.3. The van der Waals surface area contributed by atoms with E-state index < -0.39 is 23.8 Å². The molecular weight excluding hydrogens is 532 g/mol. The Morgan fingerprint density at radius 1 is 1.07 bits per heavy atom. The van der Waals surface area contributed by atoms with Crippen LogP contribution in [-0.2, 0) is 16.0 Å². The second-order valence-electron chi connectivity index (χ2n) is 8.86. The standard InChI is InChI=1S/C28H23ClN8O3/c29-19-7-10-25(37-16-32-35-36-37)18(13-19)6-11-26(38)34-24(12-17-4-2-1-3-5-17)28(40)33-20-8-9-23-21(14-20)22(15-31-23)27(30)39/h1-11,13-16,24,31H,12H2,(H2,30,39)(H,33,40)(H,34,38)/b11-6+/t24-/m0/s1. The molecule has 0 unspecified atom stereocenters. The molecule has 0 radical (unpaired) electrons. The summed E-state index contributed by atoms with van der Waals surface area (Å²) in [5, 5.41) is 17.9. The van der Waals surface area contributed by atoms with Crippen LogP contribution in [0.1, 0.15) is 21.5 Å². The Morgan fingerprint density at radius 3 is 2.65 bits per heavy atom. The zero-order chi connectivity index (χ0) is 28.1. The molecule has 0 aliphatic rings. The molecule has 0 bridgehead atoms. The van der Waals surface area contributed by atoms with Crippen molar-refractivity contribution in [2.24, 2.45) is 5.73 Å². The maximum atomic E-state index is 13.4. The van der Waals surface area contributed by atoms with Gasteiger partial charge in [0, 0.05) is 45.9 Å². The van der Waals surface area contributed by atoms with E-state index >= 15 is 0 Å². The molecule has 1 atom stereocenters. The molecule has 0 aliphatic heterocycles. The fraction of sp³-hybridized carbons (Fsp3) is 0.0714. The van der Waals surface area contributed by atoms with Crippen LogP contribution in [-0.4, -0.2) is 49.0 Å². The minimum absolute atomic E-state index is 0.248. The highest BCUT2D eigenvalue weighted by atomic mass is 35.5. The number of rotatable bonds is 9. The highest BCUT2D eigenvalue weighted by Crippen LogP contribution is 2.23. The first-order valence-corrected chi connectivity index (χ1v) is 12.5. The number of nitrogens with zero attached hydrogens (tertiary/aromatic N) is 4. The van der Waals surface area contributed by atoms with Gasteiger partial charge in [-0.2, -0.15) is 4.68 Å². The number of amides is 3. The predicted octanol–water partition coefficient (Wildman–Crippen LogP) is 3.28. The number of hydrogen-bond acceptors (Lipinski definition) is 6. The van der Waals surface area contributed by atoms with Gasteiger partial charge < -0.3 is 21.4 Å². The van der Waals surface area contributed by atoms with Gasteiger partial charge in [-0.1, -0.05) is 41.9 Å². The monoisotopic (exact) mass is 554 g/mol. The first-order chi connectivity index (χ1) is 19.4. The topological polar surface area (TPSA) is 161 Å². The molecule has 2 heterocycles. The third-order valence-corrected chi connectivity index (χ3v) is 6.37. The van der Waals surface area contributed by atoms with Crippen molar-refractivity contribution in [1.82, 2.24) is 30.5 Å². The lowest BCUT2D eigenvalue weighted by Crippen LogP contribution is -2.44. The lowest BCUT2D eigenvalue weighted by molar-refractivity contribution is -0.123. The van der Waals surface area contributed by atoms with Gasteiger partial charge in [-0.3, -0.25) is 14.4 Å². The smallest absolute Gasteiger partial charge is 0.250 e. The lowest BCUT2D eigenvalue weighted by Gasteiger charge is -2.18. The average Bonchev–Trinajstić information content (AvgIpc) is 3.62. The summed E-state index contributed by atoms with van der Waals surface area (Å²) < 4.78 is 1.45. The van der Waals surface area contributed by atoms with E-state index in [2.05, 4.69) is 31.1 Å². The Labute approximate surface area is 233 Å². The van der Waals surface area contributed by atoms with Gasteiger partial charge in [-0.25, -0.2) is 0 Å². The Kier molecular flexibility index (Phi) is 7.65. The van der Waals surface area contributed by atoms with Crippen LogP contribution in [0, 0.1) is 0 Å². The number of fused-ring (bicyclic) bond motifs is 1. The minimum Gasteiger partial charge on any atom is -0.366 e. The van der Waals surface area contributed by atoms with E-state index in [9.17, 15) is 14.4 Å². The predicted molar refractivity (Wildman–Crippen MR) is 151 cm³/mol. The summed E-state index contributed by atoms with van der Waals surface area (Å²) in [4.78, 5) is 41.1. The van der Waals surface area contributed by atoms with Gasteiger partial charge in [0.25, 0.3) is 5.91 Å². The Hall–Kier alpha value is -5.29. The average molecular weight is 555 g/mol. The van der Waals surface area contributed by atoms with Crippen molar-refractivity contribution in [3.8, 4) is 5.69 Å². The van der Waals surface area contributed by atoms with Gasteiger partial charge in [0.2, 0.25) is 11.8 Å². The SMILES string of the molecule is NC(=O)c1c[nH]c2ccc(NC(=O)[C@H](Cc3ccccc3)NC(=O)/C=C/c3cc(Cl)ccc3-n3cnnn3)cc12. The van der Waals surface area contributed by atoms with Crippen molar-refractivity contribution in [2.75, 3.05) is 5.32 Å². The lowest BCUT2D eigenvalue weighted by atomic mass is 10.0. The van der Waals surface area contributed by atoms with Crippen molar-refractivity contribution in [1.29, 1.82) is 0 Å². The van der Waals surface area contributed by atoms with Gasteiger partial charge in [0.1, 0.15) is 12.4 Å². The van der Waals surface area contributed by atoms with E-state index in [-0.39, 0.29) is 6.42 Å². The van der Waals surface area contributed by atoms with E-state index in [0.29, 0.717) is 38.4 Å². The summed E-state index contributed by atoms with van der Waals surface area (Å²) in [7, 11) is 0. The zero-order valence-electron chi connectivity index (χ0n) is 20.9. The third-order valence-electron chi connectivity index (χ3n) is 6.13. The van der Waals surface area contributed by atoms with Crippen molar-refractivity contribution >= 4 is 52.0 Å². The second-order valence-corrected chi connectivity index (χ2v) is 9.29. The van der Waals surface area contributed by atoms with Crippen LogP contribution in [0.2, 0.25) is 5.02 Å². The minimum atomic E-state index is -0.907. The molecule has 0 aliphatic carbocycles. The quantitative estimate of drug-likeness (QED) is 0.204. The normalized spacial score (nSPS) is 11.9. The number of carbonyl (C=O) groups excluding carboxylic acids is 3. The van der Waals surface area contributed by atoms with Crippen LogP contribution in [0.25, 0.3) is 22.7 Å². The molecule has 40 heavy (non-hydrogen) atoms. The highest BCUT2D eigenvalue weighted by Gasteiger charge is 2.21. The number of aromatic amines is 1. The van der Waals surface area contributed by atoms with Crippen LogP contribution in [0.5, 0.6) is 0 Å².